The number of anilines is 2. The Morgan fingerprint density at radius 3 is 2.57 bits per heavy atom. The van der Waals surface area contributed by atoms with E-state index in [-0.39, 0.29) is 0 Å². The van der Waals surface area contributed by atoms with Crippen LogP contribution in [0.3, 0.4) is 0 Å². The number of benzene rings is 1. The highest BCUT2D eigenvalue weighted by atomic mass is 35.5. The molecule has 110 valence electrons. The molecule has 1 aromatic carbocycles. The highest BCUT2D eigenvalue weighted by Gasteiger charge is 2.21. The molecule has 0 atom stereocenters. The molecule has 0 bridgehead atoms. The van der Waals surface area contributed by atoms with E-state index in [1.54, 1.807) is 0 Å². The van der Waals surface area contributed by atoms with Crippen LogP contribution in [0.2, 0.25) is 5.02 Å². The first-order valence-electron chi connectivity index (χ1n) is 7.32. The third-order valence-corrected chi connectivity index (χ3v) is 4.15. The van der Waals surface area contributed by atoms with Gasteiger partial charge in [0.25, 0.3) is 0 Å². The van der Waals surface area contributed by atoms with Gasteiger partial charge in [-0.2, -0.15) is 0 Å². The molecule has 0 radical (unpaired) electrons. The normalized spacial score (nSPS) is 14.2. The minimum atomic E-state index is 0.654. The number of nitrogens with zero attached hydrogens (tertiary/aromatic N) is 2. The Bertz CT molecular complexity index is 620. The predicted molar refractivity (Wildman–Crippen MR) is 88.4 cm³/mol. The summed E-state index contributed by atoms with van der Waals surface area (Å²) in [5, 5.41) is 4.19. The van der Waals surface area contributed by atoms with Gasteiger partial charge in [0.1, 0.15) is 5.82 Å². The number of aryl methyl sites for hydroxylation is 1. The molecule has 1 aliphatic rings. The fraction of sp³-hybridized carbons (Fsp3) is 0.353. The molecule has 0 aliphatic heterocycles. The van der Waals surface area contributed by atoms with Crippen LogP contribution < -0.4 is 10.2 Å². The quantitative estimate of drug-likeness (QED) is 0.902. The standard InChI is InChI=1S/C17H20ClN3/c1-12-3-7-14(8-4-12)21(2)17-10-9-15(18)16(20-17)11-19-13-5-6-13/h3-4,7-10,13,19H,5-6,11H2,1-2H3. The summed E-state index contributed by atoms with van der Waals surface area (Å²) in [6, 6.07) is 13.0. The van der Waals surface area contributed by atoms with E-state index in [0.717, 1.165) is 28.8 Å². The Labute approximate surface area is 131 Å². The third-order valence-electron chi connectivity index (χ3n) is 3.80. The second-order valence-corrected chi connectivity index (χ2v) is 6.05. The van der Waals surface area contributed by atoms with Gasteiger partial charge in [-0.15, -0.1) is 0 Å². The molecule has 1 fully saturated rings. The van der Waals surface area contributed by atoms with Crippen molar-refractivity contribution in [2.24, 2.45) is 0 Å². The monoisotopic (exact) mass is 301 g/mol. The molecule has 4 heteroatoms. The number of pyridine rings is 1. The smallest absolute Gasteiger partial charge is 0.133 e. The third kappa shape index (κ3) is 3.55. The second kappa shape index (κ2) is 6.04. The van der Waals surface area contributed by atoms with Crippen LogP contribution in [0.1, 0.15) is 24.1 Å². The summed E-state index contributed by atoms with van der Waals surface area (Å²) in [5.41, 5.74) is 3.29. The number of hydrogen-bond donors (Lipinski definition) is 1. The first-order chi connectivity index (χ1) is 10.1. The van der Waals surface area contributed by atoms with Crippen LogP contribution in [0.15, 0.2) is 36.4 Å². The van der Waals surface area contributed by atoms with Crippen molar-refractivity contribution in [2.45, 2.75) is 32.4 Å². The van der Waals surface area contributed by atoms with Crippen LogP contribution >= 0.6 is 11.6 Å². The highest BCUT2D eigenvalue weighted by Crippen LogP contribution is 2.26. The van der Waals surface area contributed by atoms with Gasteiger partial charge in [-0.05, 0) is 44.0 Å². The zero-order chi connectivity index (χ0) is 14.8. The molecule has 3 nitrogen and oxygen atoms in total. The summed E-state index contributed by atoms with van der Waals surface area (Å²) >= 11 is 6.25. The van der Waals surface area contributed by atoms with Gasteiger partial charge in [0.15, 0.2) is 0 Å². The average molecular weight is 302 g/mol. The largest absolute Gasteiger partial charge is 0.329 e. The van der Waals surface area contributed by atoms with E-state index in [4.69, 9.17) is 16.6 Å². The van der Waals surface area contributed by atoms with Gasteiger partial charge in [0.05, 0.1) is 10.7 Å². The Balaban J connectivity index is 1.79. The number of rotatable bonds is 5. The molecular formula is C17H20ClN3. The molecule has 0 unspecified atom stereocenters. The molecule has 2 aromatic rings. The van der Waals surface area contributed by atoms with Gasteiger partial charge in [-0.1, -0.05) is 29.3 Å². The van der Waals surface area contributed by atoms with Crippen molar-refractivity contribution in [3.05, 3.63) is 52.7 Å². The van der Waals surface area contributed by atoms with E-state index in [1.807, 2.05) is 19.2 Å². The van der Waals surface area contributed by atoms with Gasteiger partial charge >= 0.3 is 0 Å². The zero-order valence-electron chi connectivity index (χ0n) is 12.4. The first kappa shape index (κ1) is 14.4. The summed E-state index contributed by atoms with van der Waals surface area (Å²) in [4.78, 5) is 6.78. The lowest BCUT2D eigenvalue weighted by molar-refractivity contribution is 0.674. The van der Waals surface area contributed by atoms with Gasteiger partial charge in [-0.3, -0.25) is 0 Å². The van der Waals surface area contributed by atoms with Gasteiger partial charge in [0.2, 0.25) is 0 Å². The lowest BCUT2D eigenvalue weighted by Crippen LogP contribution is -2.18. The lowest BCUT2D eigenvalue weighted by atomic mass is 10.2. The molecule has 1 heterocycles. The second-order valence-electron chi connectivity index (χ2n) is 5.65. The Morgan fingerprint density at radius 2 is 1.90 bits per heavy atom. The molecule has 1 aromatic heterocycles. The Kier molecular flexibility index (Phi) is 4.13. The maximum Gasteiger partial charge on any atom is 0.133 e. The molecule has 1 saturated carbocycles. The molecule has 3 rings (SSSR count). The van der Waals surface area contributed by atoms with Gasteiger partial charge < -0.3 is 10.2 Å². The van der Waals surface area contributed by atoms with Gasteiger partial charge in [-0.25, -0.2) is 4.98 Å². The van der Waals surface area contributed by atoms with Crippen LogP contribution in [-0.4, -0.2) is 18.1 Å². The molecule has 0 saturated heterocycles. The van der Waals surface area contributed by atoms with E-state index in [2.05, 4.69) is 41.4 Å². The van der Waals surface area contributed by atoms with Crippen molar-refractivity contribution in [2.75, 3.05) is 11.9 Å². The summed E-state index contributed by atoms with van der Waals surface area (Å²) in [6.45, 7) is 2.82. The van der Waals surface area contributed by atoms with Crippen LogP contribution in [0.25, 0.3) is 0 Å². The Morgan fingerprint density at radius 1 is 1.19 bits per heavy atom. The maximum absolute atomic E-state index is 6.25. The predicted octanol–water partition coefficient (Wildman–Crippen LogP) is 4.06. The van der Waals surface area contributed by atoms with E-state index in [1.165, 1.54) is 18.4 Å². The van der Waals surface area contributed by atoms with Crippen molar-refractivity contribution in [3.8, 4) is 0 Å². The summed E-state index contributed by atoms with van der Waals surface area (Å²) < 4.78 is 0. The zero-order valence-corrected chi connectivity index (χ0v) is 13.2. The number of hydrogen-bond acceptors (Lipinski definition) is 3. The van der Waals surface area contributed by atoms with E-state index < -0.39 is 0 Å². The molecule has 1 N–H and O–H groups in total. The minimum Gasteiger partial charge on any atom is -0.329 e. The summed E-state index contributed by atoms with van der Waals surface area (Å²) in [7, 11) is 2.03. The molecular weight excluding hydrogens is 282 g/mol. The highest BCUT2D eigenvalue weighted by molar-refractivity contribution is 6.31. The van der Waals surface area contributed by atoms with E-state index in [0.29, 0.717) is 6.04 Å². The summed E-state index contributed by atoms with van der Waals surface area (Å²) in [6.07, 6.45) is 2.53. The van der Waals surface area contributed by atoms with Gasteiger partial charge in [0, 0.05) is 25.3 Å². The first-order valence-corrected chi connectivity index (χ1v) is 7.70. The van der Waals surface area contributed by atoms with Crippen LogP contribution in [-0.2, 0) is 6.54 Å². The molecule has 21 heavy (non-hydrogen) atoms. The fourth-order valence-corrected chi connectivity index (χ4v) is 2.38. The topological polar surface area (TPSA) is 28.2 Å². The number of halogens is 1. The average Bonchev–Trinajstić information content (AvgIpc) is 3.31. The van der Waals surface area contributed by atoms with Crippen molar-refractivity contribution in [1.29, 1.82) is 0 Å². The summed E-state index contributed by atoms with van der Waals surface area (Å²) in [5.74, 6) is 0.913. The number of aromatic nitrogens is 1. The van der Waals surface area contributed by atoms with Crippen molar-refractivity contribution < 1.29 is 0 Å². The van der Waals surface area contributed by atoms with Crippen LogP contribution in [0.5, 0.6) is 0 Å². The maximum atomic E-state index is 6.25. The SMILES string of the molecule is Cc1ccc(N(C)c2ccc(Cl)c(CNC3CC3)n2)cc1. The molecule has 0 spiro atoms. The molecule has 1 aliphatic carbocycles. The van der Waals surface area contributed by atoms with Crippen molar-refractivity contribution in [3.63, 3.8) is 0 Å². The lowest BCUT2D eigenvalue weighted by Gasteiger charge is -2.19. The number of nitrogens with one attached hydrogen (secondary N) is 1. The van der Waals surface area contributed by atoms with E-state index in [9.17, 15) is 0 Å². The molecule has 0 amide bonds. The van der Waals surface area contributed by atoms with Crippen molar-refractivity contribution in [1.82, 2.24) is 10.3 Å². The van der Waals surface area contributed by atoms with Crippen LogP contribution in [0, 0.1) is 6.92 Å². The van der Waals surface area contributed by atoms with Crippen molar-refractivity contribution >= 4 is 23.1 Å². The Hall–Kier alpha value is -1.58. The van der Waals surface area contributed by atoms with Crippen LogP contribution in [0.4, 0.5) is 11.5 Å². The minimum absolute atomic E-state index is 0.654. The van der Waals surface area contributed by atoms with E-state index >= 15 is 0 Å². The fourth-order valence-electron chi connectivity index (χ4n) is 2.21.